The molecule has 0 bridgehead atoms. The lowest BCUT2D eigenvalue weighted by Crippen LogP contribution is -2.31. The molecule has 98 valence electrons. The van der Waals surface area contributed by atoms with Gasteiger partial charge in [0.05, 0.1) is 12.0 Å². The summed E-state index contributed by atoms with van der Waals surface area (Å²) in [5.74, 6) is -1.44. The first kappa shape index (κ1) is 13.4. The van der Waals surface area contributed by atoms with Crippen molar-refractivity contribution in [2.24, 2.45) is 11.8 Å². The summed E-state index contributed by atoms with van der Waals surface area (Å²) in [6, 6.07) is 6.97. The van der Waals surface area contributed by atoms with Crippen LogP contribution in [0, 0.1) is 11.8 Å². The van der Waals surface area contributed by atoms with Crippen LogP contribution in [0.15, 0.2) is 24.3 Å². The molecule has 1 fully saturated rings. The number of benzene rings is 1. The summed E-state index contributed by atoms with van der Waals surface area (Å²) >= 11 is 5.81. The Labute approximate surface area is 111 Å². The van der Waals surface area contributed by atoms with E-state index >= 15 is 0 Å². The molecule has 3 unspecified atom stereocenters. The van der Waals surface area contributed by atoms with E-state index in [1.165, 1.54) is 0 Å². The Morgan fingerprint density at radius 1 is 1.22 bits per heavy atom. The number of aliphatic carboxylic acids is 1. The highest BCUT2D eigenvalue weighted by Gasteiger charge is 2.35. The largest absolute Gasteiger partial charge is 0.481 e. The fraction of sp³-hybridized carbons (Fsp3) is 0.500. The van der Waals surface area contributed by atoms with Gasteiger partial charge in [0.2, 0.25) is 0 Å². The number of carboxylic acids is 1. The van der Waals surface area contributed by atoms with Gasteiger partial charge in [-0.15, -0.1) is 0 Å². The molecule has 3 nitrogen and oxygen atoms in total. The van der Waals surface area contributed by atoms with Crippen molar-refractivity contribution in [2.45, 2.75) is 31.8 Å². The third-order valence-corrected chi connectivity index (χ3v) is 4.01. The van der Waals surface area contributed by atoms with Crippen molar-refractivity contribution in [3.05, 3.63) is 34.9 Å². The fourth-order valence-corrected chi connectivity index (χ4v) is 2.88. The lowest BCUT2D eigenvalue weighted by Gasteiger charge is -2.32. The zero-order chi connectivity index (χ0) is 13.1. The summed E-state index contributed by atoms with van der Waals surface area (Å²) < 4.78 is 0. The summed E-state index contributed by atoms with van der Waals surface area (Å²) in [4.78, 5) is 11.2. The maximum Gasteiger partial charge on any atom is 0.306 e. The Balaban J connectivity index is 2.17. The summed E-state index contributed by atoms with van der Waals surface area (Å²) in [6.07, 6.45) is 2.62. The molecular formula is C14H17ClO3. The second kappa shape index (κ2) is 5.72. The number of carboxylic acid groups (broad SMARTS) is 1. The second-order valence-electron chi connectivity index (χ2n) is 4.89. The van der Waals surface area contributed by atoms with Crippen LogP contribution in [-0.4, -0.2) is 16.2 Å². The molecule has 1 aromatic carbocycles. The highest BCUT2D eigenvalue weighted by atomic mass is 35.5. The molecule has 0 heterocycles. The minimum Gasteiger partial charge on any atom is -0.481 e. The summed E-state index contributed by atoms with van der Waals surface area (Å²) in [5, 5.41) is 20.2. The van der Waals surface area contributed by atoms with E-state index in [9.17, 15) is 15.0 Å². The van der Waals surface area contributed by atoms with Gasteiger partial charge in [0, 0.05) is 10.9 Å². The van der Waals surface area contributed by atoms with Crippen molar-refractivity contribution in [3.8, 4) is 0 Å². The maximum absolute atomic E-state index is 11.2. The summed E-state index contributed by atoms with van der Waals surface area (Å²) in [7, 11) is 0. The number of aliphatic hydroxyl groups is 1. The van der Waals surface area contributed by atoms with E-state index in [4.69, 9.17) is 11.6 Å². The van der Waals surface area contributed by atoms with Gasteiger partial charge in [-0.3, -0.25) is 4.79 Å². The van der Waals surface area contributed by atoms with E-state index in [-0.39, 0.29) is 5.92 Å². The Morgan fingerprint density at radius 3 is 2.44 bits per heavy atom. The first-order valence-electron chi connectivity index (χ1n) is 6.26. The van der Waals surface area contributed by atoms with Gasteiger partial charge >= 0.3 is 5.97 Å². The van der Waals surface area contributed by atoms with E-state index in [2.05, 4.69) is 0 Å². The molecule has 1 aliphatic rings. The topological polar surface area (TPSA) is 57.5 Å². The maximum atomic E-state index is 11.2. The molecule has 0 amide bonds. The van der Waals surface area contributed by atoms with Gasteiger partial charge < -0.3 is 10.2 Å². The Kier molecular flexibility index (Phi) is 4.25. The van der Waals surface area contributed by atoms with E-state index < -0.39 is 18.0 Å². The number of aliphatic hydroxyl groups excluding tert-OH is 1. The molecule has 2 N–H and O–H groups in total. The molecule has 4 heteroatoms. The molecule has 0 aliphatic heterocycles. The molecular weight excluding hydrogens is 252 g/mol. The van der Waals surface area contributed by atoms with Crippen molar-refractivity contribution in [1.82, 2.24) is 0 Å². The lowest BCUT2D eigenvalue weighted by atomic mass is 9.74. The van der Waals surface area contributed by atoms with Crippen molar-refractivity contribution in [1.29, 1.82) is 0 Å². The Hall–Kier alpha value is -1.06. The van der Waals surface area contributed by atoms with Crippen LogP contribution in [0.3, 0.4) is 0 Å². The average molecular weight is 269 g/mol. The first-order valence-corrected chi connectivity index (χ1v) is 6.63. The highest BCUT2D eigenvalue weighted by Crippen LogP contribution is 2.39. The van der Waals surface area contributed by atoms with Gasteiger partial charge in [0.15, 0.2) is 0 Å². The molecule has 0 saturated heterocycles. The number of halogens is 1. The first-order chi connectivity index (χ1) is 8.59. The standard InChI is InChI=1S/C14H17ClO3/c15-10-7-5-9(6-8-10)13(16)11-3-1-2-4-12(11)14(17)18/h5-8,11-13,16H,1-4H2,(H,17,18). The van der Waals surface area contributed by atoms with Crippen LogP contribution in [0.25, 0.3) is 0 Å². The van der Waals surface area contributed by atoms with Crippen LogP contribution in [0.2, 0.25) is 5.02 Å². The SMILES string of the molecule is O=C(O)C1CCCCC1C(O)c1ccc(Cl)cc1. The zero-order valence-corrected chi connectivity index (χ0v) is 10.8. The van der Waals surface area contributed by atoms with Crippen LogP contribution >= 0.6 is 11.6 Å². The van der Waals surface area contributed by atoms with E-state index in [1.807, 2.05) is 0 Å². The number of carbonyl (C=O) groups is 1. The quantitative estimate of drug-likeness (QED) is 0.885. The lowest BCUT2D eigenvalue weighted by molar-refractivity contribution is -0.147. The van der Waals surface area contributed by atoms with Gasteiger partial charge in [0.25, 0.3) is 0 Å². The molecule has 1 saturated carbocycles. The molecule has 0 aromatic heterocycles. The normalized spacial score (nSPS) is 25.7. The van der Waals surface area contributed by atoms with Crippen molar-refractivity contribution < 1.29 is 15.0 Å². The number of rotatable bonds is 3. The predicted molar refractivity (Wildman–Crippen MR) is 69.5 cm³/mol. The van der Waals surface area contributed by atoms with Gasteiger partial charge in [-0.25, -0.2) is 0 Å². The van der Waals surface area contributed by atoms with Crippen LogP contribution in [0.4, 0.5) is 0 Å². The fourth-order valence-electron chi connectivity index (χ4n) is 2.75. The minimum atomic E-state index is -0.798. The molecule has 0 spiro atoms. The second-order valence-corrected chi connectivity index (χ2v) is 5.33. The number of hydrogen-bond donors (Lipinski definition) is 2. The van der Waals surface area contributed by atoms with Crippen molar-refractivity contribution in [3.63, 3.8) is 0 Å². The van der Waals surface area contributed by atoms with Gasteiger partial charge in [-0.1, -0.05) is 36.6 Å². The highest BCUT2D eigenvalue weighted by molar-refractivity contribution is 6.30. The van der Waals surface area contributed by atoms with Crippen molar-refractivity contribution in [2.75, 3.05) is 0 Å². The molecule has 1 aliphatic carbocycles. The van der Waals surface area contributed by atoms with E-state index in [0.717, 1.165) is 24.8 Å². The van der Waals surface area contributed by atoms with E-state index in [0.29, 0.717) is 11.4 Å². The third-order valence-electron chi connectivity index (χ3n) is 3.75. The van der Waals surface area contributed by atoms with Crippen molar-refractivity contribution >= 4 is 17.6 Å². The molecule has 18 heavy (non-hydrogen) atoms. The van der Waals surface area contributed by atoms with Crippen LogP contribution in [-0.2, 0) is 4.79 Å². The van der Waals surface area contributed by atoms with Crippen LogP contribution in [0.1, 0.15) is 37.4 Å². The smallest absolute Gasteiger partial charge is 0.306 e. The third kappa shape index (κ3) is 2.85. The molecule has 3 atom stereocenters. The van der Waals surface area contributed by atoms with Crippen LogP contribution in [0.5, 0.6) is 0 Å². The summed E-state index contributed by atoms with van der Waals surface area (Å²) in [5.41, 5.74) is 0.748. The Morgan fingerprint density at radius 2 is 1.83 bits per heavy atom. The van der Waals surface area contributed by atoms with E-state index in [1.54, 1.807) is 24.3 Å². The monoisotopic (exact) mass is 268 g/mol. The number of hydrogen-bond acceptors (Lipinski definition) is 2. The van der Waals surface area contributed by atoms with Gasteiger partial charge in [0.1, 0.15) is 0 Å². The summed E-state index contributed by atoms with van der Waals surface area (Å²) in [6.45, 7) is 0. The average Bonchev–Trinajstić information content (AvgIpc) is 2.39. The Bertz CT molecular complexity index is 416. The zero-order valence-electron chi connectivity index (χ0n) is 10.1. The minimum absolute atomic E-state index is 0.197. The molecule has 1 aromatic rings. The molecule has 0 radical (unpaired) electrons. The van der Waals surface area contributed by atoms with Crippen LogP contribution < -0.4 is 0 Å². The molecule has 2 rings (SSSR count). The predicted octanol–water partition coefficient (Wildman–Crippen LogP) is 3.26. The van der Waals surface area contributed by atoms with Gasteiger partial charge in [-0.05, 0) is 30.5 Å². The van der Waals surface area contributed by atoms with Gasteiger partial charge in [-0.2, -0.15) is 0 Å².